The van der Waals surface area contributed by atoms with Gasteiger partial charge in [0.2, 0.25) is 5.58 Å². The van der Waals surface area contributed by atoms with Gasteiger partial charge in [0.25, 0.3) is 0 Å². The normalized spacial score (nSPS) is 12.6. The maximum atomic E-state index is 13.4. The van der Waals surface area contributed by atoms with Crippen LogP contribution in [0.25, 0.3) is 11.0 Å². The van der Waals surface area contributed by atoms with Crippen LogP contribution in [0.15, 0.2) is 22.7 Å². The molecule has 90 valence electrons. The van der Waals surface area contributed by atoms with E-state index >= 15 is 0 Å². The van der Waals surface area contributed by atoms with Gasteiger partial charge in [-0.1, -0.05) is 11.2 Å². The average molecular weight is 238 g/mol. The molecular formula is C11H11FN2O3. The van der Waals surface area contributed by atoms with Gasteiger partial charge < -0.3 is 14.5 Å². The minimum atomic E-state index is -0.986. The van der Waals surface area contributed by atoms with E-state index in [-0.39, 0.29) is 5.58 Å². The zero-order chi connectivity index (χ0) is 12.6. The van der Waals surface area contributed by atoms with Crippen molar-refractivity contribution in [2.45, 2.75) is 13.0 Å². The van der Waals surface area contributed by atoms with E-state index in [1.807, 2.05) is 0 Å². The van der Waals surface area contributed by atoms with Crippen molar-refractivity contribution in [1.29, 1.82) is 0 Å². The number of hydrogen-bond acceptors (Lipinski definition) is 4. The number of hydrogen-bond donors (Lipinski definition) is 1. The summed E-state index contributed by atoms with van der Waals surface area (Å²) in [5.74, 6) is -1.19. The van der Waals surface area contributed by atoms with E-state index in [4.69, 9.17) is 9.63 Å². The number of aromatic nitrogens is 1. The lowest BCUT2D eigenvalue weighted by Crippen LogP contribution is -2.36. The topological polar surface area (TPSA) is 66.6 Å². The van der Waals surface area contributed by atoms with Gasteiger partial charge in [-0.15, -0.1) is 0 Å². The first-order valence-electron chi connectivity index (χ1n) is 5.02. The highest BCUT2D eigenvalue weighted by Crippen LogP contribution is 2.27. The van der Waals surface area contributed by atoms with E-state index < -0.39 is 17.8 Å². The van der Waals surface area contributed by atoms with Gasteiger partial charge in [-0.25, -0.2) is 9.18 Å². The first-order chi connectivity index (χ1) is 8.02. The second-order valence-corrected chi connectivity index (χ2v) is 3.75. The van der Waals surface area contributed by atoms with Crippen LogP contribution in [0.1, 0.15) is 6.92 Å². The number of nitrogens with zero attached hydrogens (tertiary/aromatic N) is 2. The summed E-state index contributed by atoms with van der Waals surface area (Å²) in [4.78, 5) is 12.3. The smallest absolute Gasteiger partial charge is 0.326 e. The lowest BCUT2D eigenvalue weighted by molar-refractivity contribution is -0.138. The first-order valence-corrected chi connectivity index (χ1v) is 5.02. The quantitative estimate of drug-likeness (QED) is 0.884. The number of rotatable bonds is 3. The lowest BCUT2D eigenvalue weighted by Gasteiger charge is -2.20. The van der Waals surface area contributed by atoms with Crippen molar-refractivity contribution in [3.05, 3.63) is 24.0 Å². The zero-order valence-electron chi connectivity index (χ0n) is 9.35. The summed E-state index contributed by atoms with van der Waals surface area (Å²) in [5, 5.41) is 13.1. The van der Waals surface area contributed by atoms with Crippen LogP contribution in [0.5, 0.6) is 0 Å². The first kappa shape index (κ1) is 11.4. The molecule has 1 atom stereocenters. The number of likely N-dealkylation sites (N-methyl/N-ethyl adjacent to an activating group) is 1. The molecule has 0 bridgehead atoms. The number of carbonyl (C=O) groups is 1. The average Bonchev–Trinajstić information content (AvgIpc) is 2.72. The Balaban J connectivity index is 2.50. The monoisotopic (exact) mass is 238 g/mol. The molecule has 0 amide bonds. The van der Waals surface area contributed by atoms with E-state index in [9.17, 15) is 9.18 Å². The molecule has 0 saturated carbocycles. The number of aliphatic carboxylic acids is 1. The third-order valence-corrected chi connectivity index (χ3v) is 2.70. The number of fused-ring (bicyclic) bond motifs is 1. The summed E-state index contributed by atoms with van der Waals surface area (Å²) in [6, 6.07) is 3.65. The summed E-state index contributed by atoms with van der Waals surface area (Å²) in [5.41, 5.74) is 0.0342. The Kier molecular flexibility index (Phi) is 2.71. The number of para-hydroxylation sites is 1. The Morgan fingerprint density at radius 3 is 2.94 bits per heavy atom. The highest BCUT2D eigenvalue weighted by Gasteiger charge is 2.22. The third kappa shape index (κ3) is 1.82. The number of carboxylic acid groups (broad SMARTS) is 1. The predicted molar refractivity (Wildman–Crippen MR) is 59.5 cm³/mol. The van der Waals surface area contributed by atoms with Crippen molar-refractivity contribution < 1.29 is 18.8 Å². The van der Waals surface area contributed by atoms with Gasteiger partial charge in [-0.05, 0) is 19.1 Å². The van der Waals surface area contributed by atoms with Crippen LogP contribution in [0.2, 0.25) is 0 Å². The number of halogens is 1. The van der Waals surface area contributed by atoms with Crippen LogP contribution in [-0.4, -0.2) is 29.3 Å². The Hall–Kier alpha value is -2.11. The molecule has 0 spiro atoms. The Morgan fingerprint density at radius 2 is 2.29 bits per heavy atom. The van der Waals surface area contributed by atoms with Crippen LogP contribution >= 0.6 is 0 Å². The summed E-state index contributed by atoms with van der Waals surface area (Å²) >= 11 is 0. The zero-order valence-corrected chi connectivity index (χ0v) is 9.35. The van der Waals surface area contributed by atoms with Gasteiger partial charge in [-0.2, -0.15) is 0 Å². The second kappa shape index (κ2) is 4.04. The van der Waals surface area contributed by atoms with Crippen molar-refractivity contribution in [3.63, 3.8) is 0 Å². The summed E-state index contributed by atoms with van der Waals surface area (Å²) in [7, 11) is 1.57. The van der Waals surface area contributed by atoms with Gasteiger partial charge >= 0.3 is 5.97 Å². The summed E-state index contributed by atoms with van der Waals surface area (Å²) < 4.78 is 18.2. The highest BCUT2D eigenvalue weighted by molar-refractivity contribution is 5.90. The molecule has 5 nitrogen and oxygen atoms in total. The van der Waals surface area contributed by atoms with Gasteiger partial charge in [0.05, 0.1) is 5.39 Å². The molecule has 0 radical (unpaired) electrons. The molecule has 0 saturated heterocycles. The predicted octanol–water partition coefficient (Wildman–Crippen LogP) is 1.88. The van der Waals surface area contributed by atoms with E-state index in [0.29, 0.717) is 11.2 Å². The fourth-order valence-electron chi connectivity index (χ4n) is 1.52. The van der Waals surface area contributed by atoms with Crippen molar-refractivity contribution in [2.75, 3.05) is 11.9 Å². The van der Waals surface area contributed by atoms with E-state index in [1.54, 1.807) is 13.1 Å². The molecule has 1 aromatic heterocycles. The second-order valence-electron chi connectivity index (χ2n) is 3.75. The summed E-state index contributed by atoms with van der Waals surface area (Å²) in [6.45, 7) is 1.52. The largest absolute Gasteiger partial charge is 0.480 e. The Labute approximate surface area is 96.4 Å². The van der Waals surface area contributed by atoms with Crippen LogP contribution in [0.4, 0.5) is 10.2 Å². The van der Waals surface area contributed by atoms with Gasteiger partial charge in [0.15, 0.2) is 11.6 Å². The molecular weight excluding hydrogens is 227 g/mol. The molecule has 2 aromatic rings. The van der Waals surface area contributed by atoms with Gasteiger partial charge in [0, 0.05) is 7.05 Å². The maximum absolute atomic E-state index is 13.4. The third-order valence-electron chi connectivity index (χ3n) is 2.70. The van der Waals surface area contributed by atoms with Crippen LogP contribution in [-0.2, 0) is 4.79 Å². The molecule has 0 aliphatic rings. The maximum Gasteiger partial charge on any atom is 0.326 e. The lowest BCUT2D eigenvalue weighted by atomic mass is 10.2. The van der Waals surface area contributed by atoms with Crippen molar-refractivity contribution in [2.24, 2.45) is 0 Å². The van der Waals surface area contributed by atoms with Crippen molar-refractivity contribution in [3.8, 4) is 0 Å². The fraction of sp³-hybridized carbons (Fsp3) is 0.273. The molecule has 0 aliphatic carbocycles. The SMILES string of the molecule is CC(C(=O)O)N(C)c1noc2c(F)cccc12. The van der Waals surface area contributed by atoms with Gasteiger partial charge in [0.1, 0.15) is 6.04 Å². The van der Waals surface area contributed by atoms with E-state index in [0.717, 1.165) is 0 Å². The Morgan fingerprint density at radius 1 is 1.59 bits per heavy atom. The molecule has 0 aliphatic heterocycles. The minimum Gasteiger partial charge on any atom is -0.480 e. The van der Waals surface area contributed by atoms with E-state index in [2.05, 4.69) is 5.16 Å². The van der Waals surface area contributed by atoms with Crippen LogP contribution < -0.4 is 4.90 Å². The van der Waals surface area contributed by atoms with Crippen molar-refractivity contribution >= 4 is 22.8 Å². The molecule has 2 rings (SSSR count). The van der Waals surface area contributed by atoms with Crippen LogP contribution in [0.3, 0.4) is 0 Å². The molecule has 0 fully saturated rings. The summed E-state index contributed by atoms with van der Waals surface area (Å²) in [6.07, 6.45) is 0. The standard InChI is InChI=1S/C11H11FN2O3/c1-6(11(15)16)14(2)10-7-4-3-5-8(12)9(7)17-13-10/h3-6H,1-2H3,(H,15,16). The molecule has 6 heteroatoms. The Bertz CT molecular complexity index is 567. The number of carboxylic acids is 1. The van der Waals surface area contributed by atoms with Gasteiger partial charge in [-0.3, -0.25) is 0 Å². The van der Waals surface area contributed by atoms with E-state index in [1.165, 1.54) is 24.0 Å². The molecule has 1 aromatic carbocycles. The molecule has 1 N–H and O–H groups in total. The number of anilines is 1. The molecule has 1 unspecified atom stereocenters. The molecule has 17 heavy (non-hydrogen) atoms. The van der Waals surface area contributed by atoms with Crippen molar-refractivity contribution in [1.82, 2.24) is 5.16 Å². The minimum absolute atomic E-state index is 0.0342. The highest BCUT2D eigenvalue weighted by atomic mass is 19.1. The molecule has 1 heterocycles. The van der Waals surface area contributed by atoms with Crippen LogP contribution in [0, 0.1) is 5.82 Å². The fourth-order valence-corrected chi connectivity index (χ4v) is 1.52. The number of benzene rings is 1.